The third-order valence-electron chi connectivity index (χ3n) is 2.53. The first-order valence-electron chi connectivity index (χ1n) is 5.86. The van der Waals surface area contributed by atoms with Gasteiger partial charge in [-0.05, 0) is 32.2 Å². The minimum atomic E-state index is -0.485. The Morgan fingerprint density at radius 3 is 2.79 bits per heavy atom. The fourth-order valence-corrected chi connectivity index (χ4v) is 1.87. The van der Waals surface area contributed by atoms with E-state index in [1.165, 1.54) is 0 Å². The Labute approximate surface area is 129 Å². The molecule has 0 saturated carbocycles. The standard InChI is InChI=1S/C13H19BrN2O2.ClH/c1-10(13(17)16(3)8-7-15-2)18-12-6-4-5-11(14)9-12;/h4-6,9-10,15H,7-8H2,1-3H3;1H. The van der Waals surface area contributed by atoms with E-state index >= 15 is 0 Å². The number of hydrogen-bond acceptors (Lipinski definition) is 3. The van der Waals surface area contributed by atoms with Gasteiger partial charge < -0.3 is 15.0 Å². The molecule has 0 radical (unpaired) electrons. The molecule has 0 aliphatic carbocycles. The highest BCUT2D eigenvalue weighted by molar-refractivity contribution is 9.10. The van der Waals surface area contributed by atoms with E-state index in [1.54, 1.807) is 18.9 Å². The Morgan fingerprint density at radius 2 is 2.21 bits per heavy atom. The van der Waals surface area contributed by atoms with Gasteiger partial charge >= 0.3 is 0 Å². The summed E-state index contributed by atoms with van der Waals surface area (Å²) in [5.74, 6) is 0.664. The molecule has 6 heteroatoms. The number of carbonyl (C=O) groups excluding carboxylic acids is 1. The summed E-state index contributed by atoms with van der Waals surface area (Å²) in [7, 11) is 3.64. The van der Waals surface area contributed by atoms with Crippen LogP contribution < -0.4 is 10.1 Å². The predicted molar refractivity (Wildman–Crippen MR) is 83.0 cm³/mol. The molecule has 0 aliphatic heterocycles. The summed E-state index contributed by atoms with van der Waals surface area (Å²) < 4.78 is 6.55. The van der Waals surface area contributed by atoms with Crippen molar-refractivity contribution in [2.45, 2.75) is 13.0 Å². The number of likely N-dealkylation sites (N-methyl/N-ethyl adjacent to an activating group) is 2. The summed E-state index contributed by atoms with van der Waals surface area (Å²) in [5, 5.41) is 3.01. The van der Waals surface area contributed by atoms with Gasteiger partial charge in [-0.2, -0.15) is 0 Å². The molecule has 19 heavy (non-hydrogen) atoms. The van der Waals surface area contributed by atoms with Crippen molar-refractivity contribution in [1.29, 1.82) is 0 Å². The van der Waals surface area contributed by atoms with Crippen molar-refractivity contribution >= 4 is 34.2 Å². The number of halogens is 2. The Morgan fingerprint density at radius 1 is 1.53 bits per heavy atom. The molecule has 1 amide bonds. The lowest BCUT2D eigenvalue weighted by atomic mass is 10.3. The monoisotopic (exact) mass is 350 g/mol. The number of rotatable bonds is 6. The fraction of sp³-hybridized carbons (Fsp3) is 0.462. The second kappa shape index (κ2) is 9.18. The zero-order valence-corrected chi connectivity index (χ0v) is 13.8. The van der Waals surface area contributed by atoms with E-state index in [1.807, 2.05) is 31.3 Å². The highest BCUT2D eigenvalue weighted by Crippen LogP contribution is 2.19. The number of hydrogen-bond donors (Lipinski definition) is 1. The zero-order valence-electron chi connectivity index (χ0n) is 11.4. The zero-order chi connectivity index (χ0) is 13.5. The van der Waals surface area contributed by atoms with Gasteiger partial charge in [0.2, 0.25) is 0 Å². The molecule has 1 N–H and O–H groups in total. The van der Waals surface area contributed by atoms with Gasteiger partial charge in [-0.15, -0.1) is 12.4 Å². The van der Waals surface area contributed by atoms with Crippen LogP contribution in [0.3, 0.4) is 0 Å². The molecule has 108 valence electrons. The highest BCUT2D eigenvalue weighted by Gasteiger charge is 2.18. The van der Waals surface area contributed by atoms with Gasteiger partial charge in [-0.25, -0.2) is 0 Å². The first-order valence-corrected chi connectivity index (χ1v) is 6.65. The lowest BCUT2D eigenvalue weighted by Crippen LogP contribution is -2.40. The maximum atomic E-state index is 12.0. The minimum Gasteiger partial charge on any atom is -0.481 e. The van der Waals surface area contributed by atoms with Crippen molar-refractivity contribution in [2.75, 3.05) is 27.2 Å². The average molecular weight is 352 g/mol. The third-order valence-corrected chi connectivity index (χ3v) is 3.02. The summed E-state index contributed by atoms with van der Waals surface area (Å²) >= 11 is 3.37. The molecule has 0 fully saturated rings. The van der Waals surface area contributed by atoms with Crippen LogP contribution in [0, 0.1) is 0 Å². The maximum absolute atomic E-state index is 12.0. The van der Waals surface area contributed by atoms with Crippen LogP contribution in [0.5, 0.6) is 5.75 Å². The van der Waals surface area contributed by atoms with Crippen molar-refractivity contribution in [3.63, 3.8) is 0 Å². The molecule has 0 bridgehead atoms. The highest BCUT2D eigenvalue weighted by atomic mass is 79.9. The summed E-state index contributed by atoms with van der Waals surface area (Å²) in [6.45, 7) is 3.20. The topological polar surface area (TPSA) is 41.6 Å². The Balaban J connectivity index is 0.00000324. The van der Waals surface area contributed by atoms with E-state index in [0.29, 0.717) is 12.3 Å². The van der Waals surface area contributed by atoms with E-state index in [4.69, 9.17) is 4.74 Å². The van der Waals surface area contributed by atoms with Crippen molar-refractivity contribution in [2.24, 2.45) is 0 Å². The summed E-state index contributed by atoms with van der Waals surface area (Å²) in [4.78, 5) is 13.7. The lowest BCUT2D eigenvalue weighted by molar-refractivity contribution is -0.136. The number of nitrogens with zero attached hydrogens (tertiary/aromatic N) is 1. The van der Waals surface area contributed by atoms with Crippen molar-refractivity contribution in [3.05, 3.63) is 28.7 Å². The van der Waals surface area contributed by atoms with E-state index in [9.17, 15) is 4.79 Å². The quantitative estimate of drug-likeness (QED) is 0.855. The third kappa shape index (κ3) is 6.27. The van der Waals surface area contributed by atoms with Crippen molar-refractivity contribution < 1.29 is 9.53 Å². The molecule has 1 atom stereocenters. The molecule has 1 aromatic carbocycles. The van der Waals surface area contributed by atoms with Crippen LogP contribution in [0.2, 0.25) is 0 Å². The van der Waals surface area contributed by atoms with Gasteiger partial charge in [-0.1, -0.05) is 22.0 Å². The second-order valence-electron chi connectivity index (χ2n) is 4.08. The first-order chi connectivity index (χ1) is 8.54. The molecule has 1 aromatic rings. The van der Waals surface area contributed by atoms with Gasteiger partial charge in [0.1, 0.15) is 5.75 Å². The molecule has 0 aliphatic rings. The average Bonchev–Trinajstić information content (AvgIpc) is 2.35. The molecular weight excluding hydrogens is 332 g/mol. The number of benzene rings is 1. The number of carbonyl (C=O) groups is 1. The molecule has 4 nitrogen and oxygen atoms in total. The number of ether oxygens (including phenoxy) is 1. The normalized spacial score (nSPS) is 11.4. The predicted octanol–water partition coefficient (Wildman–Crippen LogP) is 2.32. The van der Waals surface area contributed by atoms with Crippen LogP contribution in [-0.4, -0.2) is 44.1 Å². The van der Waals surface area contributed by atoms with Gasteiger partial charge in [0, 0.05) is 24.6 Å². The second-order valence-corrected chi connectivity index (χ2v) is 5.00. The fourth-order valence-electron chi connectivity index (χ4n) is 1.49. The molecule has 1 rings (SSSR count). The molecular formula is C13H20BrClN2O2. The Kier molecular flexibility index (Phi) is 8.80. The minimum absolute atomic E-state index is 0. The molecule has 0 aromatic heterocycles. The van der Waals surface area contributed by atoms with Crippen LogP contribution in [0.1, 0.15) is 6.92 Å². The number of nitrogens with one attached hydrogen (secondary N) is 1. The Hall–Kier alpha value is -0.780. The first kappa shape index (κ1) is 18.2. The lowest BCUT2D eigenvalue weighted by Gasteiger charge is -2.22. The van der Waals surface area contributed by atoms with Crippen LogP contribution >= 0.6 is 28.3 Å². The van der Waals surface area contributed by atoms with E-state index in [-0.39, 0.29) is 18.3 Å². The van der Waals surface area contributed by atoms with Gasteiger partial charge in [0.05, 0.1) is 0 Å². The molecule has 1 unspecified atom stereocenters. The molecule has 0 heterocycles. The maximum Gasteiger partial charge on any atom is 0.263 e. The van der Waals surface area contributed by atoms with Crippen molar-refractivity contribution in [1.82, 2.24) is 10.2 Å². The summed E-state index contributed by atoms with van der Waals surface area (Å²) in [5.41, 5.74) is 0. The number of amides is 1. The summed E-state index contributed by atoms with van der Waals surface area (Å²) in [6, 6.07) is 7.47. The largest absolute Gasteiger partial charge is 0.481 e. The van der Waals surface area contributed by atoms with Gasteiger partial charge in [0.15, 0.2) is 6.10 Å². The van der Waals surface area contributed by atoms with Crippen LogP contribution in [0.25, 0.3) is 0 Å². The van der Waals surface area contributed by atoms with Crippen molar-refractivity contribution in [3.8, 4) is 5.75 Å². The van der Waals surface area contributed by atoms with Crippen LogP contribution in [-0.2, 0) is 4.79 Å². The van der Waals surface area contributed by atoms with E-state index in [0.717, 1.165) is 11.0 Å². The van der Waals surface area contributed by atoms with Gasteiger partial charge in [-0.3, -0.25) is 4.79 Å². The molecule has 0 spiro atoms. The smallest absolute Gasteiger partial charge is 0.263 e. The SMILES string of the molecule is CNCCN(C)C(=O)C(C)Oc1cccc(Br)c1.Cl. The van der Waals surface area contributed by atoms with Crippen LogP contribution in [0.4, 0.5) is 0 Å². The van der Waals surface area contributed by atoms with Crippen LogP contribution in [0.15, 0.2) is 28.7 Å². The van der Waals surface area contributed by atoms with E-state index in [2.05, 4.69) is 21.2 Å². The van der Waals surface area contributed by atoms with E-state index < -0.39 is 6.10 Å². The Bertz CT molecular complexity index is 404. The molecule has 0 saturated heterocycles. The summed E-state index contributed by atoms with van der Waals surface area (Å²) in [6.07, 6.45) is -0.485. The van der Waals surface area contributed by atoms with Gasteiger partial charge in [0.25, 0.3) is 5.91 Å².